The molecule has 1 aromatic heterocycles. The molecule has 1 aromatic carbocycles. The molecule has 4 nitrogen and oxygen atoms in total. The zero-order chi connectivity index (χ0) is 12.6. The molecule has 18 heavy (non-hydrogen) atoms. The number of H-pyrrole nitrogens is 1. The lowest BCUT2D eigenvalue weighted by Crippen LogP contribution is -2.30. The van der Waals surface area contributed by atoms with E-state index in [0.29, 0.717) is 34.6 Å². The number of hydrogen-bond acceptors (Lipinski definition) is 3. The second kappa shape index (κ2) is 4.55. The Morgan fingerprint density at radius 3 is 2.61 bits per heavy atom. The number of hydrogen-bond donors (Lipinski definition) is 1. The maximum atomic E-state index is 6.23. The number of imidazole rings is 1. The van der Waals surface area contributed by atoms with Crippen molar-refractivity contribution in [2.24, 2.45) is 0 Å². The number of nitrogens with one attached hydrogen (secondary N) is 1. The molecule has 2 aromatic rings. The summed E-state index contributed by atoms with van der Waals surface area (Å²) in [5.74, 6) is -0.491. The van der Waals surface area contributed by atoms with Crippen molar-refractivity contribution in [3.63, 3.8) is 0 Å². The van der Waals surface area contributed by atoms with Gasteiger partial charge in [-0.2, -0.15) is 0 Å². The van der Waals surface area contributed by atoms with E-state index in [1.807, 2.05) is 0 Å². The topological polar surface area (TPSA) is 47.1 Å². The van der Waals surface area contributed by atoms with Crippen molar-refractivity contribution in [1.82, 2.24) is 9.97 Å². The van der Waals surface area contributed by atoms with Crippen LogP contribution in [0.4, 0.5) is 0 Å². The minimum atomic E-state index is -1.06. The lowest BCUT2D eigenvalue weighted by atomic mass is 10.1. The zero-order valence-corrected chi connectivity index (χ0v) is 10.8. The predicted octanol–water partition coefficient (Wildman–Crippen LogP) is 2.96. The van der Waals surface area contributed by atoms with Crippen LogP contribution in [0.2, 0.25) is 10.0 Å². The molecule has 0 radical (unpaired) electrons. The molecule has 0 aliphatic carbocycles. The Morgan fingerprint density at radius 1 is 1.22 bits per heavy atom. The van der Waals surface area contributed by atoms with Gasteiger partial charge in [-0.25, -0.2) is 4.98 Å². The summed E-state index contributed by atoms with van der Waals surface area (Å²) in [7, 11) is 0. The standard InChI is InChI=1S/C12H10Cl2N2O2/c13-8-1-2-9(10(14)7-8)12(17-5-6-18-12)11-15-3-4-16-11/h1-4,7H,5-6H2,(H,15,16). The summed E-state index contributed by atoms with van der Waals surface area (Å²) >= 11 is 12.1. The predicted molar refractivity (Wildman–Crippen MR) is 67.7 cm³/mol. The highest BCUT2D eigenvalue weighted by atomic mass is 35.5. The van der Waals surface area contributed by atoms with E-state index in [0.717, 1.165) is 0 Å². The number of nitrogens with zero attached hydrogens (tertiary/aromatic N) is 1. The molecule has 0 saturated carbocycles. The molecule has 0 unspecified atom stereocenters. The molecule has 1 saturated heterocycles. The fourth-order valence-corrected chi connectivity index (χ4v) is 2.57. The van der Waals surface area contributed by atoms with Gasteiger partial charge in [0.15, 0.2) is 5.82 Å². The Balaban J connectivity index is 2.15. The van der Waals surface area contributed by atoms with Gasteiger partial charge >= 0.3 is 0 Å². The minimum Gasteiger partial charge on any atom is -0.344 e. The number of rotatable bonds is 2. The number of ether oxygens (including phenoxy) is 2. The second-order valence-corrected chi connectivity index (χ2v) is 4.72. The Kier molecular flexibility index (Phi) is 3.03. The van der Waals surface area contributed by atoms with E-state index in [-0.39, 0.29) is 0 Å². The van der Waals surface area contributed by atoms with Crippen LogP contribution in [-0.2, 0) is 15.3 Å². The monoisotopic (exact) mass is 284 g/mol. The smallest absolute Gasteiger partial charge is 0.257 e. The molecular weight excluding hydrogens is 275 g/mol. The molecule has 0 bridgehead atoms. The number of aromatic nitrogens is 2. The van der Waals surface area contributed by atoms with Gasteiger partial charge < -0.3 is 14.5 Å². The molecule has 1 aliphatic rings. The fraction of sp³-hybridized carbons (Fsp3) is 0.250. The Labute approximate surface area is 114 Å². The van der Waals surface area contributed by atoms with Crippen molar-refractivity contribution >= 4 is 23.2 Å². The molecule has 2 heterocycles. The van der Waals surface area contributed by atoms with Crippen molar-refractivity contribution in [3.05, 3.63) is 52.0 Å². The first-order valence-corrected chi connectivity index (χ1v) is 6.21. The van der Waals surface area contributed by atoms with Gasteiger partial charge in [-0.1, -0.05) is 29.3 Å². The highest BCUT2D eigenvalue weighted by Gasteiger charge is 2.44. The summed E-state index contributed by atoms with van der Waals surface area (Å²) < 4.78 is 11.5. The normalized spacial score (nSPS) is 18.1. The van der Waals surface area contributed by atoms with Crippen molar-refractivity contribution in [3.8, 4) is 0 Å². The molecule has 1 fully saturated rings. The van der Waals surface area contributed by atoms with E-state index < -0.39 is 5.79 Å². The Hall–Kier alpha value is -1.07. The summed E-state index contributed by atoms with van der Waals surface area (Å²) in [5, 5.41) is 1.05. The van der Waals surface area contributed by atoms with Crippen LogP contribution >= 0.6 is 23.2 Å². The zero-order valence-electron chi connectivity index (χ0n) is 9.32. The summed E-state index contributed by atoms with van der Waals surface area (Å²) in [4.78, 5) is 7.22. The van der Waals surface area contributed by atoms with Crippen LogP contribution in [0.15, 0.2) is 30.6 Å². The van der Waals surface area contributed by atoms with E-state index in [1.54, 1.807) is 30.6 Å². The minimum absolute atomic E-state index is 0.486. The van der Waals surface area contributed by atoms with Crippen LogP contribution in [0.25, 0.3) is 0 Å². The van der Waals surface area contributed by atoms with Crippen LogP contribution in [0.3, 0.4) is 0 Å². The van der Waals surface area contributed by atoms with Crippen LogP contribution in [0.1, 0.15) is 11.4 Å². The number of aromatic amines is 1. The van der Waals surface area contributed by atoms with Crippen LogP contribution < -0.4 is 0 Å². The first-order chi connectivity index (χ1) is 8.72. The van der Waals surface area contributed by atoms with E-state index >= 15 is 0 Å². The van der Waals surface area contributed by atoms with Crippen molar-refractivity contribution in [2.45, 2.75) is 5.79 Å². The lowest BCUT2D eigenvalue weighted by Gasteiger charge is -2.26. The largest absolute Gasteiger partial charge is 0.344 e. The Morgan fingerprint density at radius 2 is 2.00 bits per heavy atom. The average Bonchev–Trinajstić information content (AvgIpc) is 3.00. The van der Waals surface area contributed by atoms with Crippen molar-refractivity contribution < 1.29 is 9.47 Å². The molecule has 0 spiro atoms. The first kappa shape index (κ1) is 12.0. The molecule has 3 rings (SSSR count). The third kappa shape index (κ3) is 1.82. The average molecular weight is 285 g/mol. The van der Waals surface area contributed by atoms with E-state index in [4.69, 9.17) is 32.7 Å². The molecule has 1 N–H and O–H groups in total. The SMILES string of the molecule is Clc1ccc(C2(c3ncc[nH]3)OCCO2)c(Cl)c1. The fourth-order valence-electron chi connectivity index (χ4n) is 2.03. The van der Waals surface area contributed by atoms with Gasteiger partial charge in [0.25, 0.3) is 5.79 Å². The van der Waals surface area contributed by atoms with Crippen LogP contribution in [0, 0.1) is 0 Å². The maximum absolute atomic E-state index is 6.23. The van der Waals surface area contributed by atoms with Crippen LogP contribution in [0.5, 0.6) is 0 Å². The van der Waals surface area contributed by atoms with Gasteiger partial charge in [-0.3, -0.25) is 0 Å². The maximum Gasteiger partial charge on any atom is 0.257 e. The number of benzene rings is 1. The third-order valence-electron chi connectivity index (χ3n) is 2.79. The van der Waals surface area contributed by atoms with Crippen molar-refractivity contribution in [1.29, 1.82) is 0 Å². The van der Waals surface area contributed by atoms with Crippen molar-refractivity contribution in [2.75, 3.05) is 13.2 Å². The molecule has 0 atom stereocenters. The van der Waals surface area contributed by atoms with Gasteiger partial charge in [0.2, 0.25) is 0 Å². The Bertz CT molecular complexity index is 551. The summed E-state index contributed by atoms with van der Waals surface area (Å²) in [6.07, 6.45) is 3.36. The van der Waals surface area contributed by atoms with Gasteiger partial charge in [0.05, 0.1) is 18.2 Å². The van der Waals surface area contributed by atoms with E-state index in [2.05, 4.69) is 9.97 Å². The molecule has 0 amide bonds. The summed E-state index contributed by atoms with van der Waals surface area (Å²) in [6.45, 7) is 0.972. The molecule has 1 aliphatic heterocycles. The van der Waals surface area contributed by atoms with Gasteiger partial charge in [0, 0.05) is 23.0 Å². The first-order valence-electron chi connectivity index (χ1n) is 5.46. The van der Waals surface area contributed by atoms with Crippen LogP contribution in [-0.4, -0.2) is 23.2 Å². The highest BCUT2D eigenvalue weighted by molar-refractivity contribution is 6.35. The molecule has 6 heteroatoms. The number of halogens is 2. The van der Waals surface area contributed by atoms with E-state index in [9.17, 15) is 0 Å². The van der Waals surface area contributed by atoms with Gasteiger partial charge in [-0.05, 0) is 12.1 Å². The summed E-state index contributed by atoms with van der Waals surface area (Å²) in [5.41, 5.74) is 0.695. The lowest BCUT2D eigenvalue weighted by molar-refractivity contribution is -0.135. The van der Waals surface area contributed by atoms with Gasteiger partial charge in [-0.15, -0.1) is 0 Å². The van der Waals surface area contributed by atoms with E-state index in [1.165, 1.54) is 0 Å². The second-order valence-electron chi connectivity index (χ2n) is 3.88. The molecular formula is C12H10Cl2N2O2. The highest BCUT2D eigenvalue weighted by Crippen LogP contribution is 2.40. The van der Waals surface area contributed by atoms with Gasteiger partial charge in [0.1, 0.15) is 0 Å². The quantitative estimate of drug-likeness (QED) is 0.922. The third-order valence-corrected chi connectivity index (χ3v) is 3.34. The summed E-state index contributed by atoms with van der Waals surface area (Å²) in [6, 6.07) is 5.20. The molecule has 94 valence electrons.